The SMILES string of the molecule is NC(=O)c1oc2ccc(F)cc2c1NC(=O)c1cccc(OC2CCN(Cc3ccccc3)CC2)c1. The van der Waals surface area contributed by atoms with Crippen molar-refractivity contribution >= 4 is 28.5 Å². The van der Waals surface area contributed by atoms with E-state index < -0.39 is 17.6 Å². The summed E-state index contributed by atoms with van der Waals surface area (Å²) in [4.78, 5) is 27.3. The quantitative estimate of drug-likeness (QED) is 0.384. The standard InChI is InChI=1S/C28H26FN3O4/c29-20-9-10-24-23(16-20)25(26(36-24)27(30)33)31-28(34)19-7-4-8-22(15-19)35-21-11-13-32(14-12-21)17-18-5-2-1-3-6-18/h1-10,15-16,21H,11-14,17H2,(H2,30,33)(H,31,34). The molecule has 4 aromatic rings. The number of primary amides is 1. The number of hydrogen-bond donors (Lipinski definition) is 2. The van der Waals surface area contributed by atoms with Gasteiger partial charge in [-0.1, -0.05) is 36.4 Å². The van der Waals surface area contributed by atoms with E-state index in [9.17, 15) is 14.0 Å². The molecule has 0 radical (unpaired) electrons. The van der Waals surface area contributed by atoms with Crippen LogP contribution in [0.3, 0.4) is 0 Å². The molecule has 1 aliphatic heterocycles. The molecular weight excluding hydrogens is 461 g/mol. The first kappa shape index (κ1) is 23.6. The molecule has 5 rings (SSSR count). The molecule has 7 nitrogen and oxygen atoms in total. The van der Waals surface area contributed by atoms with Crippen molar-refractivity contribution in [3.05, 3.63) is 95.5 Å². The number of halogens is 1. The van der Waals surface area contributed by atoms with E-state index in [1.807, 2.05) is 12.1 Å². The second-order valence-electron chi connectivity index (χ2n) is 8.87. The number of nitrogens with zero attached hydrogens (tertiary/aromatic N) is 1. The van der Waals surface area contributed by atoms with Crippen molar-refractivity contribution in [2.45, 2.75) is 25.5 Å². The van der Waals surface area contributed by atoms with Crippen molar-refractivity contribution in [3.63, 3.8) is 0 Å². The number of furan rings is 1. The van der Waals surface area contributed by atoms with Crippen LogP contribution in [0.1, 0.15) is 39.3 Å². The lowest BCUT2D eigenvalue weighted by molar-refractivity contribution is 0.0959. The van der Waals surface area contributed by atoms with Gasteiger partial charge < -0.3 is 20.2 Å². The van der Waals surface area contributed by atoms with E-state index in [-0.39, 0.29) is 28.5 Å². The number of piperidine rings is 1. The molecule has 3 N–H and O–H groups in total. The molecule has 8 heteroatoms. The van der Waals surface area contributed by atoms with Crippen LogP contribution in [0.5, 0.6) is 5.75 Å². The van der Waals surface area contributed by atoms with E-state index in [0.717, 1.165) is 32.5 Å². The normalized spacial score (nSPS) is 14.6. The summed E-state index contributed by atoms with van der Waals surface area (Å²) in [5.41, 5.74) is 7.32. The number of likely N-dealkylation sites (tertiary alicyclic amines) is 1. The van der Waals surface area contributed by atoms with Gasteiger partial charge in [-0.3, -0.25) is 14.5 Å². The highest BCUT2D eigenvalue weighted by atomic mass is 19.1. The second kappa shape index (κ2) is 10.2. The average Bonchev–Trinajstić information content (AvgIpc) is 3.24. The fourth-order valence-corrected chi connectivity index (χ4v) is 4.48. The van der Waals surface area contributed by atoms with E-state index in [1.54, 1.807) is 18.2 Å². The van der Waals surface area contributed by atoms with E-state index in [4.69, 9.17) is 14.9 Å². The minimum atomic E-state index is -0.863. The van der Waals surface area contributed by atoms with Crippen LogP contribution in [-0.2, 0) is 6.54 Å². The maximum Gasteiger partial charge on any atom is 0.286 e. The Labute approximate surface area is 207 Å². The topological polar surface area (TPSA) is 97.8 Å². The van der Waals surface area contributed by atoms with Crippen LogP contribution in [0.4, 0.5) is 10.1 Å². The molecule has 0 saturated carbocycles. The number of anilines is 1. The van der Waals surface area contributed by atoms with Crippen LogP contribution in [-0.4, -0.2) is 35.9 Å². The fourth-order valence-electron chi connectivity index (χ4n) is 4.48. The summed E-state index contributed by atoms with van der Waals surface area (Å²) in [6, 6.07) is 21.0. The number of benzene rings is 3. The van der Waals surface area contributed by atoms with Gasteiger partial charge in [0, 0.05) is 30.6 Å². The fraction of sp³-hybridized carbons (Fsp3) is 0.214. The minimum Gasteiger partial charge on any atom is -0.490 e. The predicted octanol–water partition coefficient (Wildman–Crippen LogP) is 4.97. The number of carbonyl (C=O) groups is 2. The Bertz CT molecular complexity index is 1390. The third-order valence-corrected chi connectivity index (χ3v) is 6.29. The smallest absolute Gasteiger partial charge is 0.286 e. The first-order chi connectivity index (χ1) is 17.5. The highest BCUT2D eigenvalue weighted by Crippen LogP contribution is 2.32. The van der Waals surface area contributed by atoms with E-state index >= 15 is 0 Å². The number of hydrogen-bond acceptors (Lipinski definition) is 5. The molecule has 3 aromatic carbocycles. The molecule has 2 heterocycles. The van der Waals surface area contributed by atoms with Crippen LogP contribution in [0.15, 0.2) is 77.2 Å². The van der Waals surface area contributed by atoms with Crippen LogP contribution in [0, 0.1) is 5.82 Å². The zero-order valence-corrected chi connectivity index (χ0v) is 19.6. The van der Waals surface area contributed by atoms with Gasteiger partial charge in [0.2, 0.25) is 5.76 Å². The molecule has 1 saturated heterocycles. The number of ether oxygens (including phenoxy) is 1. The van der Waals surface area contributed by atoms with E-state index in [0.29, 0.717) is 11.3 Å². The largest absolute Gasteiger partial charge is 0.490 e. The van der Waals surface area contributed by atoms with Gasteiger partial charge in [-0.2, -0.15) is 0 Å². The van der Waals surface area contributed by atoms with Crippen molar-refractivity contribution in [2.24, 2.45) is 5.73 Å². The summed E-state index contributed by atoms with van der Waals surface area (Å²) < 4.78 is 25.4. The van der Waals surface area contributed by atoms with Gasteiger partial charge in [-0.25, -0.2) is 4.39 Å². The van der Waals surface area contributed by atoms with Gasteiger partial charge in [0.05, 0.1) is 0 Å². The third-order valence-electron chi connectivity index (χ3n) is 6.29. The average molecular weight is 488 g/mol. The Morgan fingerprint density at radius 1 is 1.03 bits per heavy atom. The molecule has 0 unspecified atom stereocenters. The number of rotatable bonds is 7. The van der Waals surface area contributed by atoms with Crippen molar-refractivity contribution in [3.8, 4) is 5.75 Å². The molecule has 1 aliphatic rings. The van der Waals surface area contributed by atoms with Crippen LogP contribution < -0.4 is 15.8 Å². The maximum absolute atomic E-state index is 13.8. The van der Waals surface area contributed by atoms with Gasteiger partial charge >= 0.3 is 0 Å². The Morgan fingerprint density at radius 3 is 2.56 bits per heavy atom. The Hall–Kier alpha value is -4.17. The molecule has 0 aliphatic carbocycles. The van der Waals surface area contributed by atoms with Crippen molar-refractivity contribution in [2.75, 3.05) is 18.4 Å². The van der Waals surface area contributed by atoms with Crippen LogP contribution in [0.25, 0.3) is 11.0 Å². The molecule has 0 spiro atoms. The molecule has 184 valence electrons. The monoisotopic (exact) mass is 487 g/mol. The summed E-state index contributed by atoms with van der Waals surface area (Å²) in [7, 11) is 0. The van der Waals surface area contributed by atoms with Crippen molar-refractivity contribution in [1.82, 2.24) is 4.90 Å². The van der Waals surface area contributed by atoms with Crippen molar-refractivity contribution in [1.29, 1.82) is 0 Å². The Kier molecular flexibility index (Phi) is 6.69. The summed E-state index contributed by atoms with van der Waals surface area (Å²) in [6.45, 7) is 2.78. The van der Waals surface area contributed by atoms with Gasteiger partial charge in [-0.05, 0) is 54.8 Å². The van der Waals surface area contributed by atoms with Crippen LogP contribution in [0.2, 0.25) is 0 Å². The molecule has 2 amide bonds. The lowest BCUT2D eigenvalue weighted by Gasteiger charge is -2.32. The highest BCUT2D eigenvalue weighted by Gasteiger charge is 2.23. The summed E-state index contributed by atoms with van der Waals surface area (Å²) in [6.07, 6.45) is 1.83. The number of carbonyl (C=O) groups excluding carboxylic acids is 2. The predicted molar refractivity (Wildman–Crippen MR) is 134 cm³/mol. The summed E-state index contributed by atoms with van der Waals surface area (Å²) >= 11 is 0. The molecule has 36 heavy (non-hydrogen) atoms. The molecular formula is C28H26FN3O4. The lowest BCUT2D eigenvalue weighted by Crippen LogP contribution is -2.37. The molecule has 0 bridgehead atoms. The number of amides is 2. The van der Waals surface area contributed by atoms with Gasteiger partial charge in [-0.15, -0.1) is 0 Å². The number of fused-ring (bicyclic) bond motifs is 1. The van der Waals surface area contributed by atoms with Crippen LogP contribution >= 0.6 is 0 Å². The molecule has 1 fully saturated rings. The highest BCUT2D eigenvalue weighted by molar-refractivity contribution is 6.14. The Morgan fingerprint density at radius 2 is 1.81 bits per heavy atom. The van der Waals surface area contributed by atoms with Gasteiger partial charge in [0.25, 0.3) is 11.8 Å². The molecule has 1 aromatic heterocycles. The first-order valence-corrected chi connectivity index (χ1v) is 11.8. The molecule has 0 atom stereocenters. The van der Waals surface area contributed by atoms with Gasteiger partial charge in [0.1, 0.15) is 28.9 Å². The zero-order chi connectivity index (χ0) is 25.1. The lowest BCUT2D eigenvalue weighted by atomic mass is 10.1. The van der Waals surface area contributed by atoms with E-state index in [2.05, 4.69) is 34.5 Å². The van der Waals surface area contributed by atoms with Gasteiger partial charge in [0.15, 0.2) is 0 Å². The Balaban J connectivity index is 1.24. The first-order valence-electron chi connectivity index (χ1n) is 11.8. The number of nitrogens with one attached hydrogen (secondary N) is 1. The summed E-state index contributed by atoms with van der Waals surface area (Å²) in [5, 5.41) is 2.91. The van der Waals surface area contributed by atoms with Crippen molar-refractivity contribution < 1.29 is 23.1 Å². The third kappa shape index (κ3) is 5.23. The second-order valence-corrected chi connectivity index (χ2v) is 8.87. The minimum absolute atomic E-state index is 0.0408. The summed E-state index contributed by atoms with van der Waals surface area (Å²) in [5.74, 6) is -1.54. The zero-order valence-electron chi connectivity index (χ0n) is 19.6. The van der Waals surface area contributed by atoms with E-state index in [1.165, 1.54) is 23.8 Å². The number of nitrogens with two attached hydrogens (primary N) is 1. The maximum atomic E-state index is 13.8.